The average Bonchev–Trinajstić information content (AvgIpc) is 2.97. The zero-order valence-corrected chi connectivity index (χ0v) is 12.2. The highest BCUT2D eigenvalue weighted by Crippen LogP contribution is 2.24. The standard InChI is InChI=1S/C15H16ClN5/c16-13-9-14(21-15-12(13)4-8-20-15)19-7-2-6-18-11-3-1-5-17-10-11/h1,3-5,8-10,18H,2,6-7H2,(H2,19,20,21). The quantitative estimate of drug-likeness (QED) is 0.609. The van der Waals surface area contributed by atoms with Gasteiger partial charge in [-0.15, -0.1) is 0 Å². The molecule has 0 aliphatic carbocycles. The summed E-state index contributed by atoms with van der Waals surface area (Å²) in [6.45, 7) is 1.69. The van der Waals surface area contributed by atoms with E-state index in [-0.39, 0.29) is 0 Å². The van der Waals surface area contributed by atoms with Crippen LogP contribution in [-0.4, -0.2) is 28.0 Å². The molecule has 3 rings (SSSR count). The van der Waals surface area contributed by atoms with Crippen molar-refractivity contribution in [1.29, 1.82) is 0 Å². The predicted molar refractivity (Wildman–Crippen MR) is 86.9 cm³/mol. The maximum absolute atomic E-state index is 6.20. The third kappa shape index (κ3) is 3.44. The van der Waals surface area contributed by atoms with E-state index >= 15 is 0 Å². The highest BCUT2D eigenvalue weighted by Gasteiger charge is 2.04. The van der Waals surface area contributed by atoms with Crippen molar-refractivity contribution < 1.29 is 0 Å². The molecule has 3 N–H and O–H groups in total. The van der Waals surface area contributed by atoms with E-state index < -0.39 is 0 Å². The van der Waals surface area contributed by atoms with Gasteiger partial charge in [0.05, 0.1) is 10.7 Å². The summed E-state index contributed by atoms with van der Waals surface area (Å²) in [5, 5.41) is 8.25. The molecule has 3 heterocycles. The maximum atomic E-state index is 6.20. The molecule has 3 aromatic rings. The average molecular weight is 302 g/mol. The van der Waals surface area contributed by atoms with Gasteiger partial charge in [0.25, 0.3) is 0 Å². The van der Waals surface area contributed by atoms with E-state index in [2.05, 4.69) is 25.6 Å². The second kappa shape index (κ2) is 6.45. The smallest absolute Gasteiger partial charge is 0.141 e. The third-order valence-corrected chi connectivity index (χ3v) is 3.44. The van der Waals surface area contributed by atoms with Gasteiger partial charge >= 0.3 is 0 Å². The minimum atomic E-state index is 0.706. The molecule has 5 nitrogen and oxygen atoms in total. The van der Waals surface area contributed by atoms with Gasteiger partial charge in [0.1, 0.15) is 11.5 Å². The molecule has 0 spiro atoms. The molecule has 0 bridgehead atoms. The van der Waals surface area contributed by atoms with E-state index in [0.717, 1.165) is 42.0 Å². The van der Waals surface area contributed by atoms with Crippen molar-refractivity contribution >= 4 is 34.1 Å². The number of pyridine rings is 2. The maximum Gasteiger partial charge on any atom is 0.141 e. The summed E-state index contributed by atoms with van der Waals surface area (Å²) < 4.78 is 0. The summed E-state index contributed by atoms with van der Waals surface area (Å²) in [6, 6.07) is 7.69. The Bertz CT molecular complexity index is 710. The van der Waals surface area contributed by atoms with Gasteiger partial charge in [0.15, 0.2) is 0 Å². The van der Waals surface area contributed by atoms with Gasteiger partial charge in [-0.3, -0.25) is 4.98 Å². The van der Waals surface area contributed by atoms with Crippen LogP contribution in [0.5, 0.6) is 0 Å². The number of anilines is 2. The van der Waals surface area contributed by atoms with Gasteiger partial charge in [-0.25, -0.2) is 4.98 Å². The summed E-state index contributed by atoms with van der Waals surface area (Å²) >= 11 is 6.20. The molecule has 21 heavy (non-hydrogen) atoms. The molecule has 0 aliphatic rings. The molecule has 0 aromatic carbocycles. The Hall–Kier alpha value is -2.27. The van der Waals surface area contributed by atoms with Crippen LogP contribution in [0.15, 0.2) is 42.9 Å². The number of H-pyrrole nitrogens is 1. The summed E-state index contributed by atoms with van der Waals surface area (Å²) in [7, 11) is 0. The molecule has 0 unspecified atom stereocenters. The number of aromatic nitrogens is 3. The van der Waals surface area contributed by atoms with Gasteiger partial charge < -0.3 is 15.6 Å². The summed E-state index contributed by atoms with van der Waals surface area (Å²) in [5.41, 5.74) is 1.84. The summed E-state index contributed by atoms with van der Waals surface area (Å²) in [4.78, 5) is 11.6. The number of hydrogen-bond acceptors (Lipinski definition) is 4. The van der Waals surface area contributed by atoms with Crippen LogP contribution in [0, 0.1) is 0 Å². The molecule has 0 saturated heterocycles. The van der Waals surface area contributed by atoms with Crippen LogP contribution in [0.4, 0.5) is 11.5 Å². The molecule has 0 fully saturated rings. The van der Waals surface area contributed by atoms with Crippen LogP contribution in [0.3, 0.4) is 0 Å². The molecule has 0 amide bonds. The van der Waals surface area contributed by atoms with Crippen LogP contribution >= 0.6 is 11.6 Å². The molecular formula is C15H16ClN5. The number of aromatic amines is 1. The Balaban J connectivity index is 1.48. The lowest BCUT2D eigenvalue weighted by Gasteiger charge is -2.08. The van der Waals surface area contributed by atoms with Gasteiger partial charge in [-0.2, -0.15) is 0 Å². The van der Waals surface area contributed by atoms with Gasteiger partial charge in [-0.05, 0) is 30.7 Å². The molecule has 0 saturated carbocycles. The normalized spacial score (nSPS) is 10.7. The van der Waals surface area contributed by atoms with E-state index in [0.29, 0.717) is 5.02 Å². The number of hydrogen-bond donors (Lipinski definition) is 3. The Morgan fingerprint density at radius 1 is 1.19 bits per heavy atom. The minimum absolute atomic E-state index is 0.706. The van der Waals surface area contributed by atoms with Crippen LogP contribution < -0.4 is 10.6 Å². The zero-order valence-electron chi connectivity index (χ0n) is 11.4. The number of rotatable bonds is 6. The van der Waals surface area contributed by atoms with Crippen molar-refractivity contribution in [1.82, 2.24) is 15.0 Å². The van der Waals surface area contributed by atoms with E-state index in [1.54, 1.807) is 6.20 Å². The molecule has 0 aliphatic heterocycles. The second-order valence-corrected chi connectivity index (χ2v) is 5.09. The summed E-state index contributed by atoms with van der Waals surface area (Å²) in [6.07, 6.45) is 6.38. The molecule has 0 atom stereocenters. The summed E-state index contributed by atoms with van der Waals surface area (Å²) in [5.74, 6) is 0.788. The van der Waals surface area contributed by atoms with Gasteiger partial charge in [0.2, 0.25) is 0 Å². The predicted octanol–water partition coefficient (Wildman–Crippen LogP) is 3.53. The number of nitrogens with one attached hydrogen (secondary N) is 3. The Morgan fingerprint density at radius 3 is 2.95 bits per heavy atom. The van der Waals surface area contributed by atoms with E-state index in [1.807, 2.05) is 36.7 Å². The Kier molecular flexibility index (Phi) is 4.21. The van der Waals surface area contributed by atoms with Crippen molar-refractivity contribution in [3.8, 4) is 0 Å². The highest BCUT2D eigenvalue weighted by atomic mass is 35.5. The largest absolute Gasteiger partial charge is 0.384 e. The number of fused-ring (bicyclic) bond motifs is 1. The first-order valence-electron chi connectivity index (χ1n) is 6.84. The highest BCUT2D eigenvalue weighted by molar-refractivity contribution is 6.35. The Morgan fingerprint density at radius 2 is 2.10 bits per heavy atom. The van der Waals surface area contributed by atoms with Crippen LogP contribution in [0.25, 0.3) is 11.0 Å². The SMILES string of the molecule is Clc1cc(NCCCNc2cccnc2)nc2[nH]ccc12. The fraction of sp³-hybridized carbons (Fsp3) is 0.200. The van der Waals surface area contributed by atoms with E-state index in [9.17, 15) is 0 Å². The van der Waals surface area contributed by atoms with Crippen LogP contribution in [0.2, 0.25) is 5.02 Å². The van der Waals surface area contributed by atoms with Gasteiger partial charge in [0, 0.05) is 37.1 Å². The lowest BCUT2D eigenvalue weighted by atomic mass is 10.3. The van der Waals surface area contributed by atoms with Crippen molar-refractivity contribution in [3.63, 3.8) is 0 Å². The fourth-order valence-electron chi connectivity index (χ4n) is 2.09. The van der Waals surface area contributed by atoms with Crippen molar-refractivity contribution in [3.05, 3.63) is 47.9 Å². The zero-order chi connectivity index (χ0) is 14.5. The van der Waals surface area contributed by atoms with Crippen LogP contribution in [0.1, 0.15) is 6.42 Å². The molecule has 3 aromatic heterocycles. The first kappa shape index (κ1) is 13.7. The number of halogens is 1. The molecule has 6 heteroatoms. The van der Waals surface area contributed by atoms with Crippen LogP contribution in [-0.2, 0) is 0 Å². The monoisotopic (exact) mass is 301 g/mol. The fourth-order valence-corrected chi connectivity index (χ4v) is 2.35. The van der Waals surface area contributed by atoms with Crippen molar-refractivity contribution in [2.45, 2.75) is 6.42 Å². The topological polar surface area (TPSA) is 65.6 Å². The number of nitrogens with zero attached hydrogens (tertiary/aromatic N) is 2. The van der Waals surface area contributed by atoms with E-state index in [1.165, 1.54) is 0 Å². The van der Waals surface area contributed by atoms with E-state index in [4.69, 9.17) is 11.6 Å². The minimum Gasteiger partial charge on any atom is -0.384 e. The van der Waals surface area contributed by atoms with Crippen molar-refractivity contribution in [2.24, 2.45) is 0 Å². The Labute approximate surface area is 127 Å². The first-order chi connectivity index (χ1) is 10.3. The lowest BCUT2D eigenvalue weighted by molar-refractivity contribution is 0.904. The molecule has 0 radical (unpaired) electrons. The molecule has 108 valence electrons. The second-order valence-electron chi connectivity index (χ2n) is 4.68. The van der Waals surface area contributed by atoms with Gasteiger partial charge in [-0.1, -0.05) is 11.6 Å². The molecular weight excluding hydrogens is 286 g/mol. The lowest BCUT2D eigenvalue weighted by Crippen LogP contribution is -2.10. The third-order valence-electron chi connectivity index (χ3n) is 3.13. The first-order valence-corrected chi connectivity index (χ1v) is 7.22. The van der Waals surface area contributed by atoms with Crippen molar-refractivity contribution in [2.75, 3.05) is 23.7 Å².